The maximum atomic E-state index is 6.10. The van der Waals surface area contributed by atoms with Gasteiger partial charge in [0.2, 0.25) is 0 Å². The van der Waals surface area contributed by atoms with E-state index >= 15 is 0 Å². The summed E-state index contributed by atoms with van der Waals surface area (Å²) in [5, 5.41) is 3.76. The fourth-order valence-corrected chi connectivity index (χ4v) is 3.93. The minimum atomic E-state index is -0.148. The second-order valence-corrected chi connectivity index (χ2v) is 7.55. The lowest BCUT2D eigenvalue weighted by atomic mass is 9.81. The van der Waals surface area contributed by atoms with Gasteiger partial charge < -0.3 is 10.1 Å². The van der Waals surface area contributed by atoms with Crippen molar-refractivity contribution in [1.29, 1.82) is 0 Å². The number of nitrogens with one attached hydrogen (secondary N) is 1. The van der Waals surface area contributed by atoms with Crippen LogP contribution in [0.4, 0.5) is 0 Å². The van der Waals surface area contributed by atoms with E-state index in [1.165, 1.54) is 37.7 Å². The summed E-state index contributed by atoms with van der Waals surface area (Å²) in [6.45, 7) is 7.87. The summed E-state index contributed by atoms with van der Waals surface area (Å²) in [7, 11) is 0. The SMILES string of the molecule is CC1CCC(CCNC2c3ccccc3OC2(C)C)CC1. The van der Waals surface area contributed by atoms with Gasteiger partial charge in [-0.15, -0.1) is 0 Å². The zero-order chi connectivity index (χ0) is 14.9. The van der Waals surface area contributed by atoms with Crippen LogP contribution in [-0.4, -0.2) is 12.1 Å². The van der Waals surface area contributed by atoms with E-state index in [1.54, 1.807) is 0 Å². The van der Waals surface area contributed by atoms with Crippen LogP contribution in [-0.2, 0) is 0 Å². The Kier molecular flexibility index (Phi) is 4.26. The zero-order valence-corrected chi connectivity index (χ0v) is 13.7. The standard InChI is InChI=1S/C19H29NO/c1-14-8-10-15(11-9-14)12-13-20-18-16-6-4-5-7-17(16)21-19(18,2)3/h4-7,14-15,18,20H,8-13H2,1-3H3. The second-order valence-electron chi connectivity index (χ2n) is 7.55. The first kappa shape index (κ1) is 14.9. The van der Waals surface area contributed by atoms with Crippen LogP contribution >= 0.6 is 0 Å². The van der Waals surface area contributed by atoms with Crippen LogP contribution in [0.15, 0.2) is 24.3 Å². The molecule has 0 bridgehead atoms. The number of hydrogen-bond donors (Lipinski definition) is 1. The van der Waals surface area contributed by atoms with Crippen molar-refractivity contribution in [1.82, 2.24) is 5.32 Å². The molecule has 1 aromatic rings. The molecular formula is C19H29NO. The van der Waals surface area contributed by atoms with Gasteiger partial charge in [0.05, 0.1) is 6.04 Å². The van der Waals surface area contributed by atoms with E-state index in [0.717, 1.165) is 24.1 Å². The van der Waals surface area contributed by atoms with Gasteiger partial charge in [-0.3, -0.25) is 0 Å². The summed E-state index contributed by atoms with van der Waals surface area (Å²) in [6.07, 6.45) is 6.99. The molecule has 0 spiro atoms. The van der Waals surface area contributed by atoms with Crippen molar-refractivity contribution < 1.29 is 4.74 Å². The van der Waals surface area contributed by atoms with Gasteiger partial charge in [0, 0.05) is 5.56 Å². The average molecular weight is 287 g/mol. The van der Waals surface area contributed by atoms with Crippen LogP contribution < -0.4 is 10.1 Å². The zero-order valence-electron chi connectivity index (χ0n) is 13.7. The Labute approximate surface area is 129 Å². The number of fused-ring (bicyclic) bond motifs is 1. The first-order chi connectivity index (χ1) is 10.1. The summed E-state index contributed by atoms with van der Waals surface area (Å²) in [4.78, 5) is 0. The maximum absolute atomic E-state index is 6.10. The van der Waals surface area contributed by atoms with E-state index < -0.39 is 0 Å². The van der Waals surface area contributed by atoms with Crippen LogP contribution in [0.3, 0.4) is 0 Å². The van der Waals surface area contributed by atoms with Crippen molar-refractivity contribution in [2.75, 3.05) is 6.54 Å². The Morgan fingerprint density at radius 3 is 2.62 bits per heavy atom. The lowest BCUT2D eigenvalue weighted by molar-refractivity contribution is 0.0953. The van der Waals surface area contributed by atoms with Gasteiger partial charge in [-0.05, 0) is 44.7 Å². The highest BCUT2D eigenvalue weighted by Gasteiger charge is 2.40. The number of para-hydroxylation sites is 1. The third-order valence-electron chi connectivity index (χ3n) is 5.33. The Morgan fingerprint density at radius 2 is 1.86 bits per heavy atom. The topological polar surface area (TPSA) is 21.3 Å². The molecule has 116 valence electrons. The molecule has 2 heteroatoms. The summed E-state index contributed by atoms with van der Waals surface area (Å²) in [5.74, 6) is 2.92. The predicted molar refractivity (Wildman–Crippen MR) is 87.6 cm³/mol. The highest BCUT2D eigenvalue weighted by atomic mass is 16.5. The predicted octanol–water partition coefficient (Wildman–Crippen LogP) is 4.70. The molecule has 1 N–H and O–H groups in total. The summed E-state index contributed by atoms with van der Waals surface area (Å²) in [5.41, 5.74) is 1.17. The molecule has 0 radical (unpaired) electrons. The number of benzene rings is 1. The molecule has 1 unspecified atom stereocenters. The largest absolute Gasteiger partial charge is 0.486 e. The van der Waals surface area contributed by atoms with Crippen molar-refractivity contribution in [3.63, 3.8) is 0 Å². The highest BCUT2D eigenvalue weighted by molar-refractivity contribution is 5.42. The van der Waals surface area contributed by atoms with Crippen molar-refractivity contribution in [3.8, 4) is 5.75 Å². The molecule has 0 amide bonds. The molecule has 1 fully saturated rings. The van der Waals surface area contributed by atoms with Crippen molar-refractivity contribution in [2.24, 2.45) is 11.8 Å². The quantitative estimate of drug-likeness (QED) is 0.866. The average Bonchev–Trinajstić information content (AvgIpc) is 2.71. The van der Waals surface area contributed by atoms with E-state index in [9.17, 15) is 0 Å². The molecule has 1 heterocycles. The third-order valence-corrected chi connectivity index (χ3v) is 5.33. The van der Waals surface area contributed by atoms with Gasteiger partial charge >= 0.3 is 0 Å². The second kappa shape index (κ2) is 6.00. The normalized spacial score (nSPS) is 30.7. The molecule has 1 aromatic carbocycles. The van der Waals surface area contributed by atoms with Crippen LogP contribution in [0.5, 0.6) is 5.75 Å². The smallest absolute Gasteiger partial charge is 0.125 e. The van der Waals surface area contributed by atoms with Gasteiger partial charge in [-0.25, -0.2) is 0 Å². The number of rotatable bonds is 4. The molecule has 21 heavy (non-hydrogen) atoms. The summed E-state index contributed by atoms with van der Waals surface area (Å²) < 4.78 is 6.10. The molecule has 1 aliphatic carbocycles. The molecule has 0 aromatic heterocycles. The molecule has 1 atom stereocenters. The van der Waals surface area contributed by atoms with E-state index in [1.807, 2.05) is 0 Å². The van der Waals surface area contributed by atoms with E-state index in [0.29, 0.717) is 6.04 Å². The van der Waals surface area contributed by atoms with Crippen LogP contribution in [0.2, 0.25) is 0 Å². The summed E-state index contributed by atoms with van der Waals surface area (Å²) >= 11 is 0. The van der Waals surface area contributed by atoms with Crippen LogP contribution in [0, 0.1) is 11.8 Å². The lowest BCUT2D eigenvalue weighted by Gasteiger charge is -2.29. The fraction of sp³-hybridized carbons (Fsp3) is 0.684. The Hall–Kier alpha value is -1.02. The maximum Gasteiger partial charge on any atom is 0.125 e. The minimum Gasteiger partial charge on any atom is -0.486 e. The molecule has 1 aliphatic heterocycles. The first-order valence-electron chi connectivity index (χ1n) is 8.57. The van der Waals surface area contributed by atoms with Gasteiger partial charge in [-0.2, -0.15) is 0 Å². The van der Waals surface area contributed by atoms with Crippen molar-refractivity contribution in [3.05, 3.63) is 29.8 Å². The molecule has 2 aliphatic rings. The lowest BCUT2D eigenvalue weighted by Crippen LogP contribution is -2.39. The van der Waals surface area contributed by atoms with E-state index in [4.69, 9.17) is 4.74 Å². The summed E-state index contributed by atoms with van der Waals surface area (Å²) in [6, 6.07) is 8.77. The van der Waals surface area contributed by atoms with Crippen LogP contribution in [0.25, 0.3) is 0 Å². The fourth-order valence-electron chi connectivity index (χ4n) is 3.93. The Bertz CT molecular complexity index is 474. The van der Waals surface area contributed by atoms with Gasteiger partial charge in [0.25, 0.3) is 0 Å². The molecule has 0 saturated heterocycles. The Morgan fingerprint density at radius 1 is 1.14 bits per heavy atom. The van der Waals surface area contributed by atoms with Crippen molar-refractivity contribution in [2.45, 2.75) is 64.5 Å². The van der Waals surface area contributed by atoms with Gasteiger partial charge in [-0.1, -0.05) is 50.8 Å². The van der Waals surface area contributed by atoms with Gasteiger partial charge in [0.15, 0.2) is 0 Å². The molecule has 3 rings (SSSR count). The van der Waals surface area contributed by atoms with E-state index in [2.05, 4.69) is 50.4 Å². The van der Waals surface area contributed by atoms with Crippen LogP contribution in [0.1, 0.15) is 64.5 Å². The Balaban J connectivity index is 1.55. The minimum absolute atomic E-state index is 0.148. The van der Waals surface area contributed by atoms with Gasteiger partial charge in [0.1, 0.15) is 11.4 Å². The number of ether oxygens (including phenoxy) is 1. The molecule has 2 nitrogen and oxygen atoms in total. The highest BCUT2D eigenvalue weighted by Crippen LogP contribution is 2.42. The molecular weight excluding hydrogens is 258 g/mol. The van der Waals surface area contributed by atoms with E-state index in [-0.39, 0.29) is 5.60 Å². The van der Waals surface area contributed by atoms with Crippen molar-refractivity contribution >= 4 is 0 Å². The first-order valence-corrected chi connectivity index (χ1v) is 8.57. The monoisotopic (exact) mass is 287 g/mol. The number of hydrogen-bond acceptors (Lipinski definition) is 2. The molecule has 1 saturated carbocycles. The third kappa shape index (κ3) is 3.26.